The summed E-state index contributed by atoms with van der Waals surface area (Å²) >= 11 is 6.97. The van der Waals surface area contributed by atoms with E-state index in [0.29, 0.717) is 6.07 Å². The maximum Gasteiger partial charge on any atom is 0.417 e. The third-order valence-corrected chi connectivity index (χ3v) is 2.51. The lowest BCUT2D eigenvalue weighted by molar-refractivity contribution is -0.138. The zero-order chi connectivity index (χ0) is 12.5. The summed E-state index contributed by atoms with van der Waals surface area (Å²) in [7, 11) is 0. The van der Waals surface area contributed by atoms with Crippen molar-refractivity contribution in [2.75, 3.05) is 5.32 Å². The number of benzene rings is 1. The van der Waals surface area contributed by atoms with Crippen molar-refractivity contribution in [2.45, 2.75) is 6.18 Å². The quantitative estimate of drug-likeness (QED) is 0.617. The predicted molar refractivity (Wildman–Crippen MR) is 59.5 cm³/mol. The highest BCUT2D eigenvalue weighted by Gasteiger charge is 2.34. The average Bonchev–Trinajstić information content (AvgIpc) is 2.08. The minimum absolute atomic E-state index is 0.152. The lowest BCUT2D eigenvalue weighted by atomic mass is 10.2. The van der Waals surface area contributed by atoms with Crippen LogP contribution in [0.4, 0.5) is 23.2 Å². The second-order valence-electron chi connectivity index (χ2n) is 2.81. The van der Waals surface area contributed by atoms with Crippen LogP contribution in [0.3, 0.4) is 0 Å². The molecule has 0 aliphatic rings. The lowest BCUT2D eigenvalue weighted by Gasteiger charge is -2.12. The fourth-order valence-corrected chi connectivity index (χ4v) is 1.58. The van der Waals surface area contributed by atoms with Crippen LogP contribution in [0.5, 0.6) is 0 Å². The first-order valence-corrected chi connectivity index (χ1v) is 5.04. The highest BCUT2D eigenvalue weighted by Crippen LogP contribution is 2.37. The van der Waals surface area contributed by atoms with Crippen molar-refractivity contribution in [3.8, 4) is 0 Å². The molecule has 0 aromatic heterocycles. The highest BCUT2D eigenvalue weighted by atomic mass is 79.9. The number of thiocarbonyl (C=S) groups is 1. The van der Waals surface area contributed by atoms with Crippen LogP contribution in [-0.4, -0.2) is 5.11 Å². The van der Waals surface area contributed by atoms with Crippen molar-refractivity contribution in [3.63, 3.8) is 0 Å². The Bertz CT molecular complexity index is 433. The molecule has 0 radical (unpaired) electrons. The molecule has 1 rings (SSSR count). The van der Waals surface area contributed by atoms with Crippen LogP contribution in [0.1, 0.15) is 5.56 Å². The van der Waals surface area contributed by atoms with Crippen LogP contribution in [-0.2, 0) is 6.18 Å². The maximum absolute atomic E-state index is 13.1. The summed E-state index contributed by atoms with van der Waals surface area (Å²) in [5.41, 5.74) is 3.79. The van der Waals surface area contributed by atoms with E-state index in [1.54, 1.807) is 0 Å². The Kier molecular flexibility index (Phi) is 3.74. The fraction of sp³-hybridized carbons (Fsp3) is 0.125. The Labute approximate surface area is 102 Å². The topological polar surface area (TPSA) is 38.0 Å². The van der Waals surface area contributed by atoms with E-state index in [9.17, 15) is 17.6 Å². The average molecular weight is 317 g/mol. The van der Waals surface area contributed by atoms with Gasteiger partial charge in [-0.15, -0.1) is 0 Å². The number of nitrogens with two attached hydrogens (primary N) is 1. The van der Waals surface area contributed by atoms with Gasteiger partial charge in [0.1, 0.15) is 5.82 Å². The molecule has 3 N–H and O–H groups in total. The molecule has 88 valence electrons. The number of alkyl halides is 3. The third-order valence-electron chi connectivity index (χ3n) is 1.60. The zero-order valence-electron chi connectivity index (χ0n) is 7.53. The van der Waals surface area contributed by atoms with Gasteiger partial charge in [-0.25, -0.2) is 4.39 Å². The van der Waals surface area contributed by atoms with Gasteiger partial charge in [0.05, 0.1) is 10.0 Å². The molecule has 0 bridgehead atoms. The van der Waals surface area contributed by atoms with E-state index in [2.05, 4.69) is 33.5 Å². The van der Waals surface area contributed by atoms with Gasteiger partial charge in [0.15, 0.2) is 5.11 Å². The van der Waals surface area contributed by atoms with Crippen LogP contribution in [0.2, 0.25) is 0 Å². The fourth-order valence-electron chi connectivity index (χ4n) is 1.01. The molecule has 0 fully saturated rings. The van der Waals surface area contributed by atoms with Crippen LogP contribution >= 0.6 is 28.1 Å². The molecular formula is C8H5BrF4N2S. The summed E-state index contributed by atoms with van der Waals surface area (Å²) in [4.78, 5) is 0. The van der Waals surface area contributed by atoms with E-state index in [1.807, 2.05) is 0 Å². The normalized spacial score (nSPS) is 11.3. The molecule has 0 aliphatic heterocycles. The molecule has 0 unspecified atom stereocenters. The molecule has 0 amide bonds. The molecule has 8 heteroatoms. The first-order valence-electron chi connectivity index (χ1n) is 3.84. The second kappa shape index (κ2) is 4.54. The van der Waals surface area contributed by atoms with Gasteiger partial charge in [-0.2, -0.15) is 13.2 Å². The minimum Gasteiger partial charge on any atom is -0.376 e. The number of anilines is 1. The molecule has 1 aromatic carbocycles. The van der Waals surface area contributed by atoms with Crippen molar-refractivity contribution >= 4 is 38.9 Å². The first-order chi connectivity index (χ1) is 7.21. The molecule has 0 heterocycles. The molecule has 1 aromatic rings. The van der Waals surface area contributed by atoms with E-state index >= 15 is 0 Å². The Morgan fingerprint density at radius 3 is 2.38 bits per heavy atom. The van der Waals surface area contributed by atoms with E-state index < -0.39 is 22.0 Å². The van der Waals surface area contributed by atoms with E-state index in [4.69, 9.17) is 5.73 Å². The molecule has 2 nitrogen and oxygen atoms in total. The van der Waals surface area contributed by atoms with Crippen LogP contribution in [0.25, 0.3) is 0 Å². The van der Waals surface area contributed by atoms with Gasteiger partial charge >= 0.3 is 6.18 Å². The summed E-state index contributed by atoms with van der Waals surface area (Å²) in [5, 5.41) is 1.99. The van der Waals surface area contributed by atoms with Gasteiger partial charge < -0.3 is 11.1 Å². The van der Waals surface area contributed by atoms with Crippen molar-refractivity contribution < 1.29 is 17.6 Å². The zero-order valence-corrected chi connectivity index (χ0v) is 9.93. The third kappa shape index (κ3) is 3.05. The minimum atomic E-state index is -4.66. The van der Waals surface area contributed by atoms with Gasteiger partial charge in [0, 0.05) is 5.69 Å². The summed E-state index contributed by atoms with van der Waals surface area (Å²) < 4.78 is 49.9. The van der Waals surface area contributed by atoms with Gasteiger partial charge in [-0.3, -0.25) is 0 Å². The van der Waals surface area contributed by atoms with Gasteiger partial charge in [0.2, 0.25) is 0 Å². The van der Waals surface area contributed by atoms with Gasteiger partial charge in [0.25, 0.3) is 0 Å². The molecule has 0 spiro atoms. The van der Waals surface area contributed by atoms with Crippen LogP contribution in [0.15, 0.2) is 16.6 Å². The molecule has 0 saturated carbocycles. The van der Waals surface area contributed by atoms with Crippen LogP contribution < -0.4 is 11.1 Å². The van der Waals surface area contributed by atoms with Crippen molar-refractivity contribution in [2.24, 2.45) is 5.73 Å². The van der Waals surface area contributed by atoms with E-state index in [0.717, 1.165) is 6.07 Å². The standard InChI is InChI=1S/C8H5BrF4N2S/c9-6-4(8(11,12)13)1-3(2-5(6)10)15-7(14)16/h1-2H,(H3,14,15,16). The van der Waals surface area contributed by atoms with Crippen molar-refractivity contribution in [3.05, 3.63) is 28.0 Å². The summed E-state index contributed by atoms with van der Waals surface area (Å²) in [5.74, 6) is -1.05. The van der Waals surface area contributed by atoms with E-state index in [1.165, 1.54) is 0 Å². The number of hydrogen-bond acceptors (Lipinski definition) is 1. The largest absolute Gasteiger partial charge is 0.417 e. The van der Waals surface area contributed by atoms with Crippen LogP contribution in [0, 0.1) is 5.82 Å². The Morgan fingerprint density at radius 1 is 1.38 bits per heavy atom. The molecule has 16 heavy (non-hydrogen) atoms. The first kappa shape index (κ1) is 13.2. The maximum atomic E-state index is 13.1. The van der Waals surface area contributed by atoms with Crippen molar-refractivity contribution in [1.29, 1.82) is 0 Å². The monoisotopic (exact) mass is 316 g/mol. The molecule has 0 saturated heterocycles. The molecule has 0 aliphatic carbocycles. The molecular weight excluding hydrogens is 312 g/mol. The Morgan fingerprint density at radius 2 is 1.94 bits per heavy atom. The Balaban J connectivity index is 3.28. The SMILES string of the molecule is NC(=S)Nc1cc(F)c(Br)c(C(F)(F)F)c1. The van der Waals surface area contributed by atoms with Crippen molar-refractivity contribution in [1.82, 2.24) is 0 Å². The van der Waals surface area contributed by atoms with E-state index in [-0.39, 0.29) is 10.8 Å². The van der Waals surface area contributed by atoms with Gasteiger partial charge in [-0.1, -0.05) is 0 Å². The summed E-state index contributed by atoms with van der Waals surface area (Å²) in [6, 6.07) is 1.57. The number of halogens is 5. The predicted octanol–water partition coefficient (Wildman–Crippen LogP) is 3.26. The summed E-state index contributed by atoms with van der Waals surface area (Å²) in [6.07, 6.45) is -4.66. The Hall–Kier alpha value is -0.890. The summed E-state index contributed by atoms with van der Waals surface area (Å²) in [6.45, 7) is 0. The highest BCUT2D eigenvalue weighted by molar-refractivity contribution is 9.10. The van der Waals surface area contributed by atoms with Gasteiger partial charge in [-0.05, 0) is 40.3 Å². The lowest BCUT2D eigenvalue weighted by Crippen LogP contribution is -2.19. The second-order valence-corrected chi connectivity index (χ2v) is 4.04. The number of nitrogens with one attached hydrogen (secondary N) is 1. The number of hydrogen-bond donors (Lipinski definition) is 2. The smallest absolute Gasteiger partial charge is 0.376 e. The number of rotatable bonds is 1. The molecule has 0 atom stereocenters.